The number of rotatable bonds is 5. The normalized spacial score (nSPS) is 14.0. The summed E-state index contributed by atoms with van der Waals surface area (Å²) >= 11 is 10.2. The average Bonchev–Trinajstić information content (AvgIpc) is 3.47. The predicted molar refractivity (Wildman–Crippen MR) is 120 cm³/mol. The van der Waals surface area contributed by atoms with Crippen LogP contribution in [0.1, 0.15) is 21.1 Å². The third kappa shape index (κ3) is 4.98. The van der Waals surface area contributed by atoms with Crippen molar-refractivity contribution < 1.29 is 14.3 Å². The number of ether oxygens (including phenoxy) is 1. The summed E-state index contributed by atoms with van der Waals surface area (Å²) in [6, 6.07) is 3.72. The number of thiazole rings is 2. The topological polar surface area (TPSA) is 96.5 Å². The maximum absolute atomic E-state index is 12.5. The molecule has 0 aromatic carbocycles. The van der Waals surface area contributed by atoms with E-state index in [2.05, 4.69) is 25.7 Å². The fourth-order valence-electron chi connectivity index (χ4n) is 2.81. The van der Waals surface area contributed by atoms with Crippen molar-refractivity contribution in [3.05, 3.63) is 38.1 Å². The molecule has 4 heterocycles. The van der Waals surface area contributed by atoms with Crippen LogP contribution < -0.4 is 15.8 Å². The molecule has 3 aromatic heterocycles. The van der Waals surface area contributed by atoms with Crippen molar-refractivity contribution in [1.29, 1.82) is 0 Å². The number of aryl methyl sites for hydroxylation is 1. The number of carbonyl (C=O) groups is 2. The summed E-state index contributed by atoms with van der Waals surface area (Å²) in [5.74, 6) is -0.731. The number of hydrogen-bond acceptors (Lipinski definition) is 9. The van der Waals surface area contributed by atoms with Crippen LogP contribution >= 0.6 is 45.6 Å². The highest BCUT2D eigenvalue weighted by Gasteiger charge is 2.21. The van der Waals surface area contributed by atoms with Crippen LogP contribution in [0.15, 0.2) is 17.5 Å². The molecule has 158 valence electrons. The van der Waals surface area contributed by atoms with E-state index in [1.165, 1.54) is 34.0 Å². The number of amides is 2. The van der Waals surface area contributed by atoms with Gasteiger partial charge in [-0.25, -0.2) is 9.97 Å². The number of morpholine rings is 1. The first-order valence-electron chi connectivity index (χ1n) is 9.09. The molecule has 0 aliphatic carbocycles. The zero-order valence-electron chi connectivity index (χ0n) is 15.9. The largest absolute Gasteiger partial charge is 0.378 e. The van der Waals surface area contributed by atoms with Crippen LogP contribution in [-0.2, 0) is 16.0 Å². The molecule has 0 radical (unpaired) electrons. The Morgan fingerprint density at radius 3 is 2.73 bits per heavy atom. The van der Waals surface area contributed by atoms with E-state index < -0.39 is 0 Å². The molecule has 0 bridgehead atoms. The summed E-state index contributed by atoms with van der Waals surface area (Å²) in [5.41, 5.74) is 6.18. The summed E-state index contributed by atoms with van der Waals surface area (Å²) < 4.78 is 6.04. The average molecular weight is 484 g/mol. The number of hydrazine groups is 1. The highest BCUT2D eigenvalue weighted by atomic mass is 35.5. The van der Waals surface area contributed by atoms with Gasteiger partial charge in [0.15, 0.2) is 5.13 Å². The van der Waals surface area contributed by atoms with Crippen LogP contribution in [-0.4, -0.2) is 48.1 Å². The van der Waals surface area contributed by atoms with Gasteiger partial charge in [-0.15, -0.1) is 22.7 Å². The van der Waals surface area contributed by atoms with E-state index in [-0.39, 0.29) is 18.2 Å². The summed E-state index contributed by atoms with van der Waals surface area (Å²) in [7, 11) is 0. The van der Waals surface area contributed by atoms with Crippen LogP contribution in [0.3, 0.4) is 0 Å². The molecule has 30 heavy (non-hydrogen) atoms. The molecule has 0 saturated carbocycles. The van der Waals surface area contributed by atoms with Gasteiger partial charge in [0.25, 0.3) is 5.91 Å². The Kier molecular flexibility index (Phi) is 6.64. The number of nitrogens with zero attached hydrogens (tertiary/aromatic N) is 3. The van der Waals surface area contributed by atoms with Crippen molar-refractivity contribution in [3.63, 3.8) is 0 Å². The molecule has 4 rings (SSSR count). The van der Waals surface area contributed by atoms with Crippen LogP contribution in [0.25, 0.3) is 9.88 Å². The minimum absolute atomic E-state index is 0.0661. The van der Waals surface area contributed by atoms with E-state index in [9.17, 15) is 9.59 Å². The molecule has 1 aliphatic rings. The van der Waals surface area contributed by atoms with E-state index in [0.29, 0.717) is 33.8 Å². The summed E-state index contributed by atoms with van der Waals surface area (Å²) in [6.45, 7) is 4.57. The minimum Gasteiger partial charge on any atom is -0.378 e. The van der Waals surface area contributed by atoms with Crippen LogP contribution in [0, 0.1) is 6.92 Å². The summed E-state index contributed by atoms with van der Waals surface area (Å²) in [5, 5.41) is 3.43. The second-order valence-corrected chi connectivity index (χ2v) is 9.99. The quantitative estimate of drug-likeness (QED) is 0.541. The Hall–Kier alpha value is -2.05. The lowest BCUT2D eigenvalue weighted by Gasteiger charge is -2.25. The van der Waals surface area contributed by atoms with E-state index in [4.69, 9.17) is 16.3 Å². The second kappa shape index (κ2) is 9.40. The highest BCUT2D eigenvalue weighted by molar-refractivity contribution is 7.23. The van der Waals surface area contributed by atoms with E-state index >= 15 is 0 Å². The zero-order chi connectivity index (χ0) is 21.1. The van der Waals surface area contributed by atoms with Crippen LogP contribution in [0.4, 0.5) is 5.13 Å². The fraction of sp³-hybridized carbons (Fsp3) is 0.333. The molecular weight excluding hydrogens is 466 g/mol. The number of hydrogen-bond donors (Lipinski definition) is 2. The van der Waals surface area contributed by atoms with Gasteiger partial charge in [-0.05, 0) is 19.1 Å². The molecule has 0 atom stereocenters. The van der Waals surface area contributed by atoms with Gasteiger partial charge in [-0.3, -0.25) is 20.4 Å². The fourth-order valence-corrected chi connectivity index (χ4v) is 5.75. The number of halogens is 1. The van der Waals surface area contributed by atoms with Crippen molar-refractivity contribution in [3.8, 4) is 9.88 Å². The standard InChI is InChI=1S/C18H18ClN5O3S3/c1-10-15(30-18(20-10)24-4-6-27-7-5-24)16(26)23-22-14(25)8-11-9-28-17(21-11)12-2-3-13(19)29-12/h2-3,9H,4-8H2,1H3,(H,22,25)(H,23,26). The lowest BCUT2D eigenvalue weighted by Crippen LogP contribution is -2.42. The number of nitrogens with one attached hydrogen (secondary N) is 2. The van der Waals surface area contributed by atoms with Crippen molar-refractivity contribution in [2.24, 2.45) is 0 Å². The molecule has 1 saturated heterocycles. The number of carbonyl (C=O) groups excluding carboxylic acids is 2. The van der Waals surface area contributed by atoms with Crippen LogP contribution in [0.5, 0.6) is 0 Å². The van der Waals surface area contributed by atoms with Gasteiger partial charge in [-0.1, -0.05) is 22.9 Å². The van der Waals surface area contributed by atoms with E-state index in [1.807, 2.05) is 17.5 Å². The van der Waals surface area contributed by atoms with E-state index in [1.54, 1.807) is 6.92 Å². The van der Waals surface area contributed by atoms with Gasteiger partial charge < -0.3 is 9.64 Å². The predicted octanol–water partition coefficient (Wildman–Crippen LogP) is 3.13. The van der Waals surface area contributed by atoms with Gasteiger partial charge in [0.2, 0.25) is 5.91 Å². The van der Waals surface area contributed by atoms with Gasteiger partial charge in [0, 0.05) is 18.5 Å². The number of thiophene rings is 1. The third-order valence-corrected chi connectivity index (χ3v) is 7.77. The lowest BCUT2D eigenvalue weighted by molar-refractivity contribution is -0.121. The molecule has 2 N–H and O–H groups in total. The Labute approximate surface area is 189 Å². The smallest absolute Gasteiger partial charge is 0.281 e. The maximum Gasteiger partial charge on any atom is 0.281 e. The molecule has 1 aliphatic heterocycles. The Morgan fingerprint density at radius 2 is 2.00 bits per heavy atom. The van der Waals surface area contributed by atoms with Crippen LogP contribution in [0.2, 0.25) is 4.34 Å². The third-order valence-electron chi connectivity index (χ3n) is 4.27. The monoisotopic (exact) mass is 483 g/mol. The Morgan fingerprint density at radius 1 is 1.20 bits per heavy atom. The summed E-state index contributed by atoms with van der Waals surface area (Å²) in [4.78, 5) is 37.2. The van der Waals surface area contributed by atoms with Gasteiger partial charge in [0.05, 0.1) is 40.2 Å². The lowest BCUT2D eigenvalue weighted by atomic mass is 10.3. The Bertz CT molecular complexity index is 1060. The summed E-state index contributed by atoms with van der Waals surface area (Å²) in [6.07, 6.45) is 0.0661. The van der Waals surface area contributed by atoms with Crippen molar-refractivity contribution in [2.75, 3.05) is 31.2 Å². The zero-order valence-corrected chi connectivity index (χ0v) is 19.1. The van der Waals surface area contributed by atoms with Gasteiger partial charge >= 0.3 is 0 Å². The number of aromatic nitrogens is 2. The molecule has 2 amide bonds. The first kappa shape index (κ1) is 21.2. The first-order chi connectivity index (χ1) is 14.5. The van der Waals surface area contributed by atoms with Gasteiger partial charge in [-0.2, -0.15) is 0 Å². The highest BCUT2D eigenvalue weighted by Crippen LogP contribution is 2.33. The molecular formula is C18H18ClN5O3S3. The Balaban J connectivity index is 1.31. The van der Waals surface area contributed by atoms with Crippen molar-refractivity contribution in [2.45, 2.75) is 13.3 Å². The molecule has 8 nitrogen and oxygen atoms in total. The van der Waals surface area contributed by atoms with Crippen molar-refractivity contribution >= 4 is 62.6 Å². The van der Waals surface area contributed by atoms with Gasteiger partial charge in [0.1, 0.15) is 9.88 Å². The molecule has 3 aromatic rings. The molecule has 1 fully saturated rings. The molecule has 0 unspecified atom stereocenters. The van der Waals surface area contributed by atoms with Crippen molar-refractivity contribution in [1.82, 2.24) is 20.8 Å². The minimum atomic E-state index is -0.384. The van der Waals surface area contributed by atoms with E-state index in [0.717, 1.165) is 28.1 Å². The first-order valence-corrected chi connectivity index (χ1v) is 12.0. The SMILES string of the molecule is Cc1nc(N2CCOCC2)sc1C(=O)NNC(=O)Cc1csc(-c2ccc(Cl)s2)n1. The number of anilines is 1. The maximum atomic E-state index is 12.5. The second-order valence-electron chi connectivity index (χ2n) is 6.44. The molecule has 0 spiro atoms. The molecule has 12 heteroatoms.